The van der Waals surface area contributed by atoms with Gasteiger partial charge in [0.15, 0.2) is 0 Å². The largest absolute Gasteiger partial charge is 0.416 e. The fourth-order valence-corrected chi connectivity index (χ4v) is 6.21. The summed E-state index contributed by atoms with van der Waals surface area (Å²) in [5.41, 5.74) is 8.62. The smallest absolute Gasteiger partial charge is 0.354 e. The molecule has 7 nitrogen and oxygen atoms in total. The molecule has 0 radical (unpaired) electrons. The van der Waals surface area contributed by atoms with Crippen LogP contribution in [-0.2, 0) is 12.6 Å². The summed E-state index contributed by atoms with van der Waals surface area (Å²) in [6.07, 6.45) is -1.53. The Morgan fingerprint density at radius 3 is 2.54 bits per heavy atom. The molecular weight excluding hydrogens is 573 g/mol. The van der Waals surface area contributed by atoms with Gasteiger partial charge in [-0.05, 0) is 104 Å². The summed E-state index contributed by atoms with van der Waals surface area (Å²) in [5.74, 6) is 0.0801. The van der Waals surface area contributed by atoms with Crippen molar-refractivity contribution in [2.24, 2.45) is 5.73 Å². The molecule has 2 aliphatic rings. The Bertz CT molecular complexity index is 1370. The second-order valence-electron chi connectivity index (χ2n) is 10.1. The van der Waals surface area contributed by atoms with Crippen LogP contribution in [0.5, 0.6) is 0 Å². The molecule has 1 saturated heterocycles. The second kappa shape index (κ2) is 13.0. The van der Waals surface area contributed by atoms with Gasteiger partial charge in [0.05, 0.1) is 5.56 Å². The highest BCUT2D eigenvalue weighted by atomic mass is 35.5. The van der Waals surface area contributed by atoms with Crippen LogP contribution in [-0.4, -0.2) is 54.5 Å². The highest BCUT2D eigenvalue weighted by Gasteiger charge is 2.32. The molecule has 4 N–H and O–H groups in total. The van der Waals surface area contributed by atoms with Gasteiger partial charge in [-0.1, -0.05) is 17.7 Å². The predicted molar refractivity (Wildman–Crippen MR) is 157 cm³/mol. The number of nitrogens with two attached hydrogens (primary N) is 1. The molecule has 0 saturated carbocycles. The van der Waals surface area contributed by atoms with Crippen molar-refractivity contribution in [3.05, 3.63) is 82.0 Å². The van der Waals surface area contributed by atoms with Gasteiger partial charge in [-0.15, -0.1) is 0 Å². The van der Waals surface area contributed by atoms with Crippen LogP contribution in [0.2, 0.25) is 5.15 Å². The number of aryl methyl sites for hydroxylation is 1. The molecule has 3 aromatic rings. The van der Waals surface area contributed by atoms with E-state index in [9.17, 15) is 18.0 Å². The van der Waals surface area contributed by atoms with Crippen LogP contribution in [0.15, 0.2) is 59.5 Å². The number of fused-ring (bicyclic) bond motifs is 1. The summed E-state index contributed by atoms with van der Waals surface area (Å²) in [6, 6.07) is 15.7. The minimum absolute atomic E-state index is 0.153. The van der Waals surface area contributed by atoms with Gasteiger partial charge in [0.25, 0.3) is 5.91 Å². The number of benzene rings is 2. The summed E-state index contributed by atoms with van der Waals surface area (Å²) in [4.78, 5) is 19.9. The van der Waals surface area contributed by atoms with E-state index < -0.39 is 11.7 Å². The van der Waals surface area contributed by atoms with Crippen molar-refractivity contribution < 1.29 is 18.0 Å². The van der Waals surface area contributed by atoms with E-state index in [1.165, 1.54) is 11.1 Å². The van der Waals surface area contributed by atoms with Crippen molar-refractivity contribution in [2.75, 3.05) is 49.5 Å². The highest BCUT2D eigenvalue weighted by molar-refractivity contribution is 7.97. The summed E-state index contributed by atoms with van der Waals surface area (Å²) < 4.78 is 41.7. The number of alkyl halides is 3. The van der Waals surface area contributed by atoms with E-state index in [4.69, 9.17) is 17.3 Å². The van der Waals surface area contributed by atoms with Crippen LogP contribution in [0.3, 0.4) is 0 Å². The average molecular weight is 605 g/mol. The first kappa shape index (κ1) is 29.7. The number of anilines is 2. The Morgan fingerprint density at radius 1 is 1.07 bits per heavy atom. The maximum absolute atomic E-state index is 13.2. The Labute approximate surface area is 246 Å². The molecule has 1 unspecified atom stereocenters. The molecule has 41 heavy (non-hydrogen) atoms. The van der Waals surface area contributed by atoms with Gasteiger partial charge in [-0.2, -0.15) is 13.2 Å². The van der Waals surface area contributed by atoms with Crippen molar-refractivity contribution in [3.8, 4) is 0 Å². The molecule has 0 spiro atoms. The number of carbonyl (C=O) groups excluding carboxylic acids is 1. The normalized spacial score (nSPS) is 17.5. The van der Waals surface area contributed by atoms with Crippen LogP contribution >= 0.6 is 23.5 Å². The van der Waals surface area contributed by atoms with E-state index in [1.54, 1.807) is 11.9 Å². The number of nitrogens with zero attached hydrogens (tertiary/aromatic N) is 3. The topological polar surface area (TPSA) is 86.5 Å². The van der Waals surface area contributed by atoms with E-state index in [1.807, 2.05) is 47.4 Å². The Kier molecular flexibility index (Phi) is 9.40. The molecule has 1 atom stereocenters. The SMILES string of the molecule is NCCCNC1CCc2ccc(C(=O)Nc3ccc(SN4CCN(c5cc(C(F)(F)F)cc(Cl)n5)CC4)cc3)cc21. The number of hydrogen-bond acceptors (Lipinski definition) is 7. The first-order valence-electron chi connectivity index (χ1n) is 13.6. The zero-order chi connectivity index (χ0) is 29.0. The maximum Gasteiger partial charge on any atom is 0.416 e. The highest BCUT2D eigenvalue weighted by Crippen LogP contribution is 2.34. The third-order valence-corrected chi connectivity index (χ3v) is 8.57. The number of nitrogens with one attached hydrogen (secondary N) is 2. The van der Waals surface area contributed by atoms with Gasteiger partial charge in [0, 0.05) is 48.4 Å². The maximum atomic E-state index is 13.2. The van der Waals surface area contributed by atoms with Gasteiger partial charge in [-0.3, -0.25) is 4.79 Å². The lowest BCUT2D eigenvalue weighted by Crippen LogP contribution is -2.43. The third kappa shape index (κ3) is 7.52. The third-order valence-electron chi connectivity index (χ3n) is 7.27. The van der Waals surface area contributed by atoms with Crippen LogP contribution < -0.4 is 21.3 Å². The molecular formula is C29H32ClF3N6OS. The van der Waals surface area contributed by atoms with E-state index in [0.29, 0.717) is 44.0 Å². The van der Waals surface area contributed by atoms with Crippen LogP contribution in [0.25, 0.3) is 0 Å². The standard InChI is InChI=1S/C29H32ClF3N6OS/c30-26-17-21(29(31,32)33)18-27(37-26)38-12-14-39(15-13-38)41-23-7-5-22(6-8-23)36-28(40)20-3-2-19-4-9-25(24(19)16-20)35-11-1-10-34/h2-3,5-8,16-18,25,35H,1,4,9-15,34H2,(H,36,40). The second-order valence-corrected chi connectivity index (χ2v) is 11.7. The lowest BCUT2D eigenvalue weighted by Gasteiger charge is -2.34. The minimum Gasteiger partial charge on any atom is -0.354 e. The van der Waals surface area contributed by atoms with Gasteiger partial charge in [0.2, 0.25) is 0 Å². The number of piperazine rings is 1. The zero-order valence-corrected chi connectivity index (χ0v) is 24.0. The molecule has 1 aliphatic carbocycles. The lowest BCUT2D eigenvalue weighted by molar-refractivity contribution is -0.137. The molecule has 12 heteroatoms. The lowest BCUT2D eigenvalue weighted by atomic mass is 10.0. The number of amides is 1. The molecule has 0 bridgehead atoms. The van der Waals surface area contributed by atoms with Crippen molar-refractivity contribution in [2.45, 2.75) is 36.4 Å². The first-order valence-corrected chi connectivity index (χ1v) is 14.7. The quantitative estimate of drug-likeness (QED) is 0.163. The first-order chi connectivity index (χ1) is 19.7. The summed E-state index contributed by atoms with van der Waals surface area (Å²) in [6.45, 7) is 3.84. The van der Waals surface area contributed by atoms with Crippen molar-refractivity contribution in [1.82, 2.24) is 14.6 Å². The van der Waals surface area contributed by atoms with Gasteiger partial charge < -0.3 is 21.3 Å². The Morgan fingerprint density at radius 2 is 1.83 bits per heavy atom. The van der Waals surface area contributed by atoms with E-state index in [2.05, 4.69) is 19.9 Å². The summed E-state index contributed by atoms with van der Waals surface area (Å²) in [7, 11) is 0. The van der Waals surface area contributed by atoms with Crippen LogP contribution in [0.1, 0.15) is 45.9 Å². The number of rotatable bonds is 9. The summed E-state index contributed by atoms with van der Waals surface area (Å²) in [5, 5.41) is 6.36. The van der Waals surface area contributed by atoms with Crippen LogP contribution in [0.4, 0.5) is 24.7 Å². The fourth-order valence-electron chi connectivity index (χ4n) is 5.10. The average Bonchev–Trinajstić information content (AvgIpc) is 3.36. The van der Waals surface area contributed by atoms with Gasteiger partial charge in [0.1, 0.15) is 11.0 Å². The fraction of sp³-hybridized carbons (Fsp3) is 0.379. The predicted octanol–water partition coefficient (Wildman–Crippen LogP) is 5.76. The van der Waals surface area contributed by atoms with E-state index >= 15 is 0 Å². The van der Waals surface area contributed by atoms with Crippen molar-refractivity contribution in [1.29, 1.82) is 0 Å². The van der Waals surface area contributed by atoms with Crippen LogP contribution in [0, 0.1) is 0 Å². The number of aromatic nitrogens is 1. The molecule has 5 rings (SSSR count). The van der Waals surface area contributed by atoms with E-state index in [0.717, 1.165) is 42.8 Å². The number of pyridine rings is 1. The molecule has 1 aliphatic heterocycles. The Hall–Kier alpha value is -2.83. The summed E-state index contributed by atoms with van der Waals surface area (Å²) >= 11 is 7.43. The number of hydrogen-bond donors (Lipinski definition) is 3. The molecule has 2 heterocycles. The minimum atomic E-state index is -4.48. The molecule has 2 aromatic carbocycles. The van der Waals surface area contributed by atoms with E-state index in [-0.39, 0.29) is 22.9 Å². The Balaban J connectivity index is 1.13. The van der Waals surface area contributed by atoms with Crippen molar-refractivity contribution in [3.63, 3.8) is 0 Å². The zero-order valence-electron chi connectivity index (χ0n) is 22.4. The molecule has 218 valence electrons. The number of halogens is 4. The molecule has 1 aromatic heterocycles. The van der Waals surface area contributed by atoms with Gasteiger partial charge >= 0.3 is 6.18 Å². The number of carbonyl (C=O) groups is 1. The molecule has 1 amide bonds. The monoisotopic (exact) mass is 604 g/mol. The van der Waals surface area contributed by atoms with Gasteiger partial charge in [-0.25, -0.2) is 9.29 Å². The molecule has 1 fully saturated rings. The van der Waals surface area contributed by atoms with Crippen molar-refractivity contribution >= 4 is 41.0 Å².